The van der Waals surface area contributed by atoms with Crippen molar-refractivity contribution >= 4 is 22.0 Å². The molecule has 0 N–H and O–H groups in total. The van der Waals surface area contributed by atoms with Crippen LogP contribution >= 0.6 is 0 Å². The van der Waals surface area contributed by atoms with Crippen LogP contribution in [0.25, 0.3) is 6.08 Å². The molecule has 1 aliphatic rings. The Hall–Kier alpha value is -2.44. The van der Waals surface area contributed by atoms with Crippen LogP contribution in [0.4, 0.5) is 0 Å². The van der Waals surface area contributed by atoms with E-state index < -0.39 is 10.0 Å². The summed E-state index contributed by atoms with van der Waals surface area (Å²) in [5, 5.41) is 1.27. The average molecular weight is 441 g/mol. The van der Waals surface area contributed by atoms with Gasteiger partial charge in [-0.1, -0.05) is 67.6 Å². The van der Waals surface area contributed by atoms with E-state index in [9.17, 15) is 13.2 Å². The highest BCUT2D eigenvalue weighted by atomic mass is 32.2. The van der Waals surface area contributed by atoms with E-state index >= 15 is 0 Å². The zero-order valence-electron chi connectivity index (χ0n) is 18.4. The van der Waals surface area contributed by atoms with Gasteiger partial charge in [-0.15, -0.1) is 0 Å². The minimum Gasteiger partial charge on any atom is -0.335 e. The second kappa shape index (κ2) is 10.7. The average Bonchev–Trinajstić information content (AvgIpc) is 2.82. The minimum absolute atomic E-state index is 0.134. The largest absolute Gasteiger partial charge is 0.335 e. The monoisotopic (exact) mass is 440 g/mol. The van der Waals surface area contributed by atoms with Crippen molar-refractivity contribution < 1.29 is 13.2 Å². The summed E-state index contributed by atoms with van der Waals surface area (Å²) >= 11 is 0. The minimum atomic E-state index is -3.49. The molecule has 5 nitrogen and oxygen atoms in total. The number of rotatable bonds is 8. The number of hydrogen-bond acceptors (Lipinski definition) is 3. The quantitative estimate of drug-likeness (QED) is 0.606. The van der Waals surface area contributed by atoms with Crippen LogP contribution in [0.2, 0.25) is 0 Å². The molecule has 1 amide bonds. The maximum absolute atomic E-state index is 13.3. The molecule has 2 aromatic carbocycles. The SMILES string of the molecule is CCC(C)N(Cc1ccccc1)C(=O)C1CCN(S(=O)(=O)/C=C/c2ccccc2)CC1. The second-order valence-electron chi connectivity index (χ2n) is 8.14. The lowest BCUT2D eigenvalue weighted by Gasteiger charge is -2.36. The molecular formula is C25H32N2O3S. The number of sulfonamides is 1. The van der Waals surface area contributed by atoms with Gasteiger partial charge in [0, 0.05) is 37.0 Å². The number of nitrogens with zero attached hydrogens (tertiary/aromatic N) is 2. The third-order valence-corrected chi connectivity index (χ3v) is 7.56. The number of amides is 1. The second-order valence-corrected chi connectivity index (χ2v) is 9.96. The summed E-state index contributed by atoms with van der Waals surface area (Å²) in [6, 6.07) is 19.6. The van der Waals surface area contributed by atoms with E-state index in [1.807, 2.05) is 65.6 Å². The lowest BCUT2D eigenvalue weighted by molar-refractivity contribution is -0.139. The van der Waals surface area contributed by atoms with E-state index in [1.165, 1.54) is 9.71 Å². The third-order valence-electron chi connectivity index (χ3n) is 6.00. The van der Waals surface area contributed by atoms with Gasteiger partial charge >= 0.3 is 0 Å². The Balaban J connectivity index is 1.62. The van der Waals surface area contributed by atoms with E-state index in [4.69, 9.17) is 0 Å². The Bertz CT molecular complexity index is 966. The molecule has 0 radical (unpaired) electrons. The van der Waals surface area contributed by atoms with E-state index in [0.717, 1.165) is 17.5 Å². The normalized spacial score (nSPS) is 17.0. The van der Waals surface area contributed by atoms with Gasteiger partial charge in [0.25, 0.3) is 0 Å². The van der Waals surface area contributed by atoms with Crippen LogP contribution in [-0.2, 0) is 21.4 Å². The zero-order valence-corrected chi connectivity index (χ0v) is 19.2. The first-order valence-electron chi connectivity index (χ1n) is 11.0. The lowest BCUT2D eigenvalue weighted by Crippen LogP contribution is -2.46. The molecule has 1 unspecified atom stereocenters. The van der Waals surface area contributed by atoms with Gasteiger partial charge in [0.15, 0.2) is 0 Å². The molecule has 0 bridgehead atoms. The molecule has 0 spiro atoms. The van der Waals surface area contributed by atoms with Crippen LogP contribution in [0.3, 0.4) is 0 Å². The first-order valence-corrected chi connectivity index (χ1v) is 12.5. The Labute approximate surface area is 186 Å². The smallest absolute Gasteiger partial charge is 0.236 e. The van der Waals surface area contributed by atoms with Crippen LogP contribution in [0.1, 0.15) is 44.2 Å². The van der Waals surface area contributed by atoms with E-state index in [0.29, 0.717) is 32.5 Å². The van der Waals surface area contributed by atoms with Gasteiger partial charge in [0.1, 0.15) is 0 Å². The molecule has 1 atom stereocenters. The predicted molar refractivity (Wildman–Crippen MR) is 125 cm³/mol. The maximum Gasteiger partial charge on any atom is 0.236 e. The van der Waals surface area contributed by atoms with E-state index in [2.05, 4.69) is 13.8 Å². The fourth-order valence-corrected chi connectivity index (χ4v) is 5.08. The molecule has 6 heteroatoms. The first kappa shape index (κ1) is 23.2. The molecule has 2 aromatic rings. The van der Waals surface area contributed by atoms with Crippen molar-refractivity contribution in [3.8, 4) is 0 Å². The maximum atomic E-state index is 13.3. The molecule has 3 rings (SSSR count). The van der Waals surface area contributed by atoms with Crippen molar-refractivity contribution in [1.82, 2.24) is 9.21 Å². The van der Waals surface area contributed by atoms with Crippen LogP contribution in [0.15, 0.2) is 66.1 Å². The predicted octanol–water partition coefficient (Wildman–Crippen LogP) is 4.53. The summed E-state index contributed by atoms with van der Waals surface area (Å²) in [5.41, 5.74) is 1.96. The summed E-state index contributed by atoms with van der Waals surface area (Å²) in [6.45, 7) is 5.50. The molecule has 31 heavy (non-hydrogen) atoms. The molecule has 0 aromatic heterocycles. The summed E-state index contributed by atoms with van der Waals surface area (Å²) in [7, 11) is -3.49. The molecule has 166 valence electrons. The fourth-order valence-electron chi connectivity index (χ4n) is 3.86. The van der Waals surface area contributed by atoms with Gasteiger partial charge < -0.3 is 4.90 Å². The number of piperidine rings is 1. The number of benzene rings is 2. The number of carbonyl (C=O) groups is 1. The van der Waals surface area contributed by atoms with Gasteiger partial charge in [-0.3, -0.25) is 4.79 Å². The Morgan fingerprint density at radius 2 is 1.65 bits per heavy atom. The first-order chi connectivity index (χ1) is 14.9. The number of carbonyl (C=O) groups excluding carboxylic acids is 1. The van der Waals surface area contributed by atoms with Crippen molar-refractivity contribution in [2.45, 2.75) is 45.7 Å². The molecule has 1 heterocycles. The third kappa shape index (κ3) is 6.28. The molecular weight excluding hydrogens is 408 g/mol. The number of hydrogen-bond donors (Lipinski definition) is 0. The van der Waals surface area contributed by atoms with Crippen LogP contribution in [0, 0.1) is 5.92 Å². The molecule has 0 aliphatic carbocycles. The van der Waals surface area contributed by atoms with E-state index in [1.54, 1.807) is 6.08 Å². The molecule has 1 aliphatic heterocycles. The fraction of sp³-hybridized carbons (Fsp3) is 0.400. The highest BCUT2D eigenvalue weighted by molar-refractivity contribution is 7.92. The van der Waals surface area contributed by atoms with Crippen molar-refractivity contribution in [2.75, 3.05) is 13.1 Å². The summed E-state index contributed by atoms with van der Waals surface area (Å²) < 4.78 is 26.9. The topological polar surface area (TPSA) is 57.7 Å². The standard InChI is InChI=1S/C25H32N2O3S/c1-3-21(2)27(20-23-12-8-5-9-13-23)25(28)24-14-17-26(18-15-24)31(29,30)19-16-22-10-6-4-7-11-22/h4-13,16,19,21,24H,3,14-15,17-18,20H2,1-2H3/b19-16+. The highest BCUT2D eigenvalue weighted by Gasteiger charge is 2.33. The van der Waals surface area contributed by atoms with Crippen LogP contribution in [0.5, 0.6) is 0 Å². The van der Waals surface area contributed by atoms with Crippen LogP contribution in [-0.4, -0.2) is 42.7 Å². The van der Waals surface area contributed by atoms with Crippen LogP contribution < -0.4 is 0 Å². The van der Waals surface area contributed by atoms with Gasteiger partial charge in [-0.25, -0.2) is 8.42 Å². The Morgan fingerprint density at radius 1 is 1.06 bits per heavy atom. The van der Waals surface area contributed by atoms with Crippen molar-refractivity contribution in [1.29, 1.82) is 0 Å². The van der Waals surface area contributed by atoms with Crippen molar-refractivity contribution in [3.63, 3.8) is 0 Å². The Kier molecular flexibility index (Phi) is 8.04. The van der Waals surface area contributed by atoms with Gasteiger partial charge in [0.2, 0.25) is 15.9 Å². The Morgan fingerprint density at radius 3 is 2.23 bits per heavy atom. The summed E-state index contributed by atoms with van der Waals surface area (Å²) in [4.78, 5) is 15.3. The van der Waals surface area contributed by atoms with E-state index in [-0.39, 0.29) is 17.9 Å². The lowest BCUT2D eigenvalue weighted by atomic mass is 9.95. The highest BCUT2D eigenvalue weighted by Crippen LogP contribution is 2.25. The zero-order chi connectivity index (χ0) is 22.3. The summed E-state index contributed by atoms with van der Waals surface area (Å²) in [5.74, 6) is -0.00246. The van der Waals surface area contributed by atoms with Gasteiger partial charge in [0.05, 0.1) is 0 Å². The van der Waals surface area contributed by atoms with Gasteiger partial charge in [-0.05, 0) is 43.4 Å². The molecule has 1 saturated heterocycles. The van der Waals surface area contributed by atoms with Crippen molar-refractivity contribution in [3.05, 3.63) is 77.2 Å². The molecule has 0 saturated carbocycles. The summed E-state index contributed by atoms with van der Waals surface area (Å²) in [6.07, 6.45) is 3.62. The van der Waals surface area contributed by atoms with Gasteiger partial charge in [-0.2, -0.15) is 4.31 Å². The molecule has 1 fully saturated rings. The van der Waals surface area contributed by atoms with Crippen molar-refractivity contribution in [2.24, 2.45) is 5.92 Å².